The number of alkyl halides is 3. The Balaban J connectivity index is 1.70. The van der Waals surface area contributed by atoms with Gasteiger partial charge in [-0.25, -0.2) is 13.4 Å². The third-order valence-corrected chi connectivity index (χ3v) is 6.56. The highest BCUT2D eigenvalue weighted by atomic mass is 35.5. The summed E-state index contributed by atoms with van der Waals surface area (Å²) in [6, 6.07) is 8.57. The molecule has 1 N–H and O–H groups in total. The van der Waals surface area contributed by atoms with Crippen LogP contribution in [0.1, 0.15) is 5.56 Å². The zero-order valence-corrected chi connectivity index (χ0v) is 15.1. The molecular weight excluding hydrogens is 391 g/mol. The molecule has 2 aromatic rings. The molecule has 0 bridgehead atoms. The molecule has 1 aliphatic rings. The van der Waals surface area contributed by atoms with Crippen molar-refractivity contribution in [1.29, 1.82) is 0 Å². The first-order valence-corrected chi connectivity index (χ1v) is 9.60. The maximum absolute atomic E-state index is 12.7. The molecule has 140 valence electrons. The quantitative estimate of drug-likeness (QED) is 0.787. The fourth-order valence-corrected chi connectivity index (χ4v) is 4.67. The first-order chi connectivity index (χ1) is 12.2. The minimum Gasteiger partial charge on any atom is -0.259 e. The van der Waals surface area contributed by atoms with Gasteiger partial charge in [0.15, 0.2) is 0 Å². The van der Waals surface area contributed by atoms with Crippen LogP contribution in [0.2, 0.25) is 5.02 Å². The van der Waals surface area contributed by atoms with Crippen molar-refractivity contribution in [1.82, 2.24) is 4.31 Å². The van der Waals surface area contributed by atoms with E-state index in [0.717, 1.165) is 12.3 Å². The molecule has 0 atom stereocenters. The van der Waals surface area contributed by atoms with Gasteiger partial charge in [-0.3, -0.25) is 4.90 Å². The van der Waals surface area contributed by atoms with Crippen LogP contribution in [0.15, 0.2) is 47.5 Å². The van der Waals surface area contributed by atoms with Crippen molar-refractivity contribution in [2.45, 2.75) is 11.1 Å². The Morgan fingerprint density at radius 1 is 1.00 bits per heavy atom. The summed E-state index contributed by atoms with van der Waals surface area (Å²) >= 11 is 5.99. The number of rotatable bonds is 3. The molecule has 2 heterocycles. The predicted octanol–water partition coefficient (Wildman–Crippen LogP) is 2.68. The van der Waals surface area contributed by atoms with Crippen LogP contribution in [0.5, 0.6) is 0 Å². The number of pyridine rings is 1. The van der Waals surface area contributed by atoms with Crippen LogP contribution in [-0.4, -0.2) is 38.9 Å². The number of hydrogen-bond donors (Lipinski definition) is 0. The summed E-state index contributed by atoms with van der Waals surface area (Å²) in [7, 11) is -3.71. The topological polar surface area (TPSA) is 54.8 Å². The Morgan fingerprint density at radius 2 is 1.65 bits per heavy atom. The molecule has 1 saturated heterocycles. The molecule has 26 heavy (non-hydrogen) atoms. The number of nitrogens with one attached hydrogen (secondary N) is 1. The molecule has 1 aliphatic heterocycles. The highest BCUT2D eigenvalue weighted by Gasteiger charge is 2.34. The SMILES string of the molecule is O=S(=O)(c1ccccc1Cl)N1CCN(c2ccc(C(F)(F)F)c[nH+]2)CC1. The van der Waals surface area contributed by atoms with E-state index in [0.29, 0.717) is 18.9 Å². The molecule has 10 heteroatoms. The lowest BCUT2D eigenvalue weighted by Crippen LogP contribution is -2.50. The van der Waals surface area contributed by atoms with Crippen molar-refractivity contribution in [3.63, 3.8) is 0 Å². The van der Waals surface area contributed by atoms with E-state index in [9.17, 15) is 21.6 Å². The molecule has 0 saturated carbocycles. The number of benzene rings is 1. The average molecular weight is 407 g/mol. The number of nitrogens with zero attached hydrogens (tertiary/aromatic N) is 2. The van der Waals surface area contributed by atoms with E-state index >= 15 is 0 Å². The van der Waals surface area contributed by atoms with Crippen LogP contribution in [0.3, 0.4) is 0 Å². The van der Waals surface area contributed by atoms with E-state index in [1.165, 1.54) is 22.5 Å². The van der Waals surface area contributed by atoms with Crippen molar-refractivity contribution in [2.75, 3.05) is 31.1 Å². The predicted molar refractivity (Wildman–Crippen MR) is 90.4 cm³/mol. The summed E-state index contributed by atoms with van der Waals surface area (Å²) in [6.45, 7) is 1.13. The minimum absolute atomic E-state index is 0.0520. The zero-order valence-electron chi connectivity index (χ0n) is 13.5. The standard InChI is InChI=1S/C16H15ClF3N3O2S/c17-13-3-1-2-4-14(13)26(24,25)23-9-7-22(8-10-23)15-6-5-12(11-21-15)16(18,19)20/h1-6,11H,7-10H2/p+1. The lowest BCUT2D eigenvalue weighted by atomic mass is 10.2. The van der Waals surface area contributed by atoms with E-state index in [-0.39, 0.29) is 23.0 Å². The molecular formula is C16H16ClF3N3O2S+. The number of H-pyrrole nitrogens is 1. The molecule has 1 aromatic carbocycles. The summed E-state index contributed by atoms with van der Waals surface area (Å²) in [5.74, 6) is 0.507. The second-order valence-corrected chi connectivity index (χ2v) is 8.10. The molecule has 0 spiro atoms. The molecule has 3 rings (SSSR count). The Kier molecular flexibility index (Phi) is 5.14. The fourth-order valence-electron chi connectivity index (χ4n) is 2.75. The van der Waals surface area contributed by atoms with Gasteiger partial charge >= 0.3 is 6.18 Å². The van der Waals surface area contributed by atoms with Gasteiger partial charge in [0.2, 0.25) is 10.0 Å². The number of hydrogen-bond acceptors (Lipinski definition) is 3. The van der Waals surface area contributed by atoms with E-state index in [2.05, 4.69) is 4.98 Å². The van der Waals surface area contributed by atoms with Crippen molar-refractivity contribution >= 4 is 27.4 Å². The highest BCUT2D eigenvalue weighted by molar-refractivity contribution is 7.89. The van der Waals surface area contributed by atoms with E-state index in [4.69, 9.17) is 11.6 Å². The molecule has 0 aliphatic carbocycles. The Morgan fingerprint density at radius 3 is 2.19 bits per heavy atom. The average Bonchev–Trinajstić information content (AvgIpc) is 2.61. The summed E-state index contributed by atoms with van der Waals surface area (Å²) in [6.07, 6.45) is -3.50. The Hall–Kier alpha value is -1.84. The molecule has 0 radical (unpaired) electrons. The van der Waals surface area contributed by atoms with Gasteiger partial charge in [-0.15, -0.1) is 0 Å². The lowest BCUT2D eigenvalue weighted by Gasteiger charge is -2.30. The summed E-state index contributed by atoms with van der Waals surface area (Å²) in [4.78, 5) is 4.48. The monoisotopic (exact) mass is 406 g/mol. The number of halogens is 4. The van der Waals surface area contributed by atoms with Gasteiger partial charge in [-0.05, 0) is 18.2 Å². The Labute approximate surface area is 154 Å². The van der Waals surface area contributed by atoms with E-state index < -0.39 is 21.8 Å². The number of sulfonamides is 1. The zero-order chi connectivity index (χ0) is 18.9. The summed E-state index contributed by atoms with van der Waals surface area (Å²) < 4.78 is 64.6. The van der Waals surface area contributed by atoms with Crippen LogP contribution in [0.4, 0.5) is 19.0 Å². The molecule has 5 nitrogen and oxygen atoms in total. The normalized spacial score (nSPS) is 16.7. The van der Waals surface area contributed by atoms with Gasteiger partial charge in [-0.1, -0.05) is 23.7 Å². The van der Waals surface area contributed by atoms with E-state index in [1.54, 1.807) is 17.0 Å². The second kappa shape index (κ2) is 7.05. The third kappa shape index (κ3) is 3.79. The maximum atomic E-state index is 12.7. The van der Waals surface area contributed by atoms with Crippen molar-refractivity contribution in [3.8, 4) is 0 Å². The highest BCUT2D eigenvalue weighted by Crippen LogP contribution is 2.29. The van der Waals surface area contributed by atoms with Crippen molar-refractivity contribution in [3.05, 3.63) is 53.2 Å². The van der Waals surface area contributed by atoms with Gasteiger partial charge in [0.05, 0.1) is 36.8 Å². The number of aromatic nitrogens is 1. The first kappa shape index (κ1) is 18.9. The van der Waals surface area contributed by atoms with Crippen LogP contribution in [0.25, 0.3) is 0 Å². The largest absolute Gasteiger partial charge is 0.419 e. The van der Waals surface area contributed by atoms with Gasteiger partial charge in [0.1, 0.15) is 11.1 Å². The smallest absolute Gasteiger partial charge is 0.259 e. The van der Waals surface area contributed by atoms with E-state index in [1.807, 2.05) is 0 Å². The van der Waals surface area contributed by atoms with Gasteiger partial charge in [0, 0.05) is 6.07 Å². The van der Waals surface area contributed by atoms with Crippen molar-refractivity contribution in [2.24, 2.45) is 0 Å². The lowest BCUT2D eigenvalue weighted by molar-refractivity contribution is -0.367. The molecule has 1 fully saturated rings. The van der Waals surface area contributed by atoms with Crippen LogP contribution < -0.4 is 9.88 Å². The summed E-state index contributed by atoms with van der Waals surface area (Å²) in [5.41, 5.74) is -0.763. The second-order valence-electron chi connectivity index (χ2n) is 5.78. The van der Waals surface area contributed by atoms with Gasteiger partial charge in [0.25, 0.3) is 5.82 Å². The van der Waals surface area contributed by atoms with Crippen LogP contribution >= 0.6 is 11.6 Å². The third-order valence-electron chi connectivity index (χ3n) is 4.16. The van der Waals surface area contributed by atoms with Crippen LogP contribution in [-0.2, 0) is 16.2 Å². The first-order valence-electron chi connectivity index (χ1n) is 7.78. The number of piperazine rings is 1. The minimum atomic E-state index is -4.41. The van der Waals surface area contributed by atoms with Crippen LogP contribution in [0, 0.1) is 0 Å². The number of anilines is 1. The molecule has 0 unspecified atom stereocenters. The Bertz CT molecular complexity index is 880. The molecule has 0 amide bonds. The maximum Gasteiger partial charge on any atom is 0.419 e. The van der Waals surface area contributed by atoms with Crippen molar-refractivity contribution < 1.29 is 26.6 Å². The number of aromatic amines is 1. The van der Waals surface area contributed by atoms with Gasteiger partial charge in [-0.2, -0.15) is 17.5 Å². The molecule has 1 aromatic heterocycles. The van der Waals surface area contributed by atoms with Gasteiger partial charge < -0.3 is 0 Å². The fraction of sp³-hybridized carbons (Fsp3) is 0.312. The summed E-state index contributed by atoms with van der Waals surface area (Å²) in [5, 5.41) is 0.158.